The molecule has 0 amide bonds. The second-order valence-electron chi connectivity index (χ2n) is 2.20. The molecule has 0 atom stereocenters. The van der Waals surface area contributed by atoms with E-state index in [4.69, 9.17) is 10.5 Å². The van der Waals surface area contributed by atoms with Crippen LogP contribution in [0.1, 0.15) is 17.3 Å². The Morgan fingerprint density at radius 2 is 2.50 bits per heavy atom. The zero-order valence-electron chi connectivity index (χ0n) is 6.78. The van der Waals surface area contributed by atoms with Crippen molar-refractivity contribution in [3.63, 3.8) is 0 Å². The Hall–Kier alpha value is -1.58. The summed E-state index contributed by atoms with van der Waals surface area (Å²) in [5, 5.41) is 0. The Bertz CT molecular complexity index is 286. The fraction of sp³-hybridized carbons (Fsp3) is 0.250. The highest BCUT2D eigenvalue weighted by Crippen LogP contribution is 2.18. The predicted octanol–water partition coefficient (Wildman–Crippen LogP) is 0.875. The minimum Gasteiger partial charge on any atom is -0.490 e. The van der Waals surface area contributed by atoms with Crippen LogP contribution in [0.4, 0.5) is 5.82 Å². The van der Waals surface area contributed by atoms with Gasteiger partial charge in [0.1, 0.15) is 0 Å². The van der Waals surface area contributed by atoms with E-state index in [9.17, 15) is 4.79 Å². The number of nitrogen functional groups attached to an aromatic ring is 1. The van der Waals surface area contributed by atoms with E-state index >= 15 is 0 Å². The quantitative estimate of drug-likeness (QED) is 0.677. The van der Waals surface area contributed by atoms with Crippen LogP contribution in [0.5, 0.6) is 5.75 Å². The van der Waals surface area contributed by atoms with Gasteiger partial charge in [-0.3, -0.25) is 4.79 Å². The summed E-state index contributed by atoms with van der Waals surface area (Å²) in [7, 11) is 0. The molecule has 1 rings (SSSR count). The first kappa shape index (κ1) is 8.52. The van der Waals surface area contributed by atoms with E-state index in [0.29, 0.717) is 30.0 Å². The van der Waals surface area contributed by atoms with Crippen LogP contribution in [0.15, 0.2) is 12.3 Å². The largest absolute Gasteiger partial charge is 0.490 e. The summed E-state index contributed by atoms with van der Waals surface area (Å²) in [4.78, 5) is 14.1. The molecule has 0 radical (unpaired) electrons. The summed E-state index contributed by atoms with van der Waals surface area (Å²) in [6.07, 6.45) is 2.11. The van der Waals surface area contributed by atoms with Gasteiger partial charge in [0, 0.05) is 11.8 Å². The summed E-state index contributed by atoms with van der Waals surface area (Å²) in [5.74, 6) is 0.768. The second kappa shape index (κ2) is 3.71. The lowest BCUT2D eigenvalue weighted by molar-refractivity contribution is 0.112. The smallest absolute Gasteiger partial charge is 0.166 e. The normalized spacial score (nSPS) is 9.42. The van der Waals surface area contributed by atoms with Crippen LogP contribution in [-0.2, 0) is 0 Å². The maximum atomic E-state index is 10.3. The van der Waals surface area contributed by atoms with Crippen LogP contribution in [0, 0.1) is 0 Å². The van der Waals surface area contributed by atoms with E-state index < -0.39 is 0 Å². The van der Waals surface area contributed by atoms with Gasteiger partial charge in [0.05, 0.1) is 6.61 Å². The Morgan fingerprint density at radius 1 is 1.75 bits per heavy atom. The van der Waals surface area contributed by atoms with Crippen LogP contribution in [0.2, 0.25) is 0 Å². The number of nitrogens with two attached hydrogens (primary N) is 1. The van der Waals surface area contributed by atoms with E-state index in [-0.39, 0.29) is 0 Å². The lowest BCUT2D eigenvalue weighted by atomic mass is 10.3. The van der Waals surface area contributed by atoms with Crippen LogP contribution in [-0.4, -0.2) is 17.9 Å². The number of aldehydes is 1. The minimum absolute atomic E-state index is 0.308. The standard InChI is InChI=1S/C8H10N2O2/c1-2-12-7-3-6(5-11)4-10-8(7)9/h3-5H,2H2,1H3,(H2,9,10). The van der Waals surface area contributed by atoms with Gasteiger partial charge in [0.25, 0.3) is 0 Å². The maximum absolute atomic E-state index is 10.3. The molecular weight excluding hydrogens is 156 g/mol. The van der Waals surface area contributed by atoms with E-state index in [2.05, 4.69) is 4.98 Å². The van der Waals surface area contributed by atoms with E-state index in [0.717, 1.165) is 0 Å². The Morgan fingerprint density at radius 3 is 3.08 bits per heavy atom. The van der Waals surface area contributed by atoms with E-state index in [1.165, 1.54) is 6.20 Å². The fourth-order valence-electron chi connectivity index (χ4n) is 0.806. The summed E-state index contributed by atoms with van der Waals surface area (Å²) in [5.41, 5.74) is 5.94. The third-order valence-corrected chi connectivity index (χ3v) is 1.34. The number of pyridine rings is 1. The van der Waals surface area contributed by atoms with Gasteiger partial charge in [-0.05, 0) is 13.0 Å². The summed E-state index contributed by atoms with van der Waals surface area (Å²) < 4.78 is 5.13. The SMILES string of the molecule is CCOc1cc(C=O)cnc1N. The number of aromatic nitrogens is 1. The molecule has 4 heteroatoms. The molecule has 0 saturated carbocycles. The lowest BCUT2D eigenvalue weighted by Crippen LogP contribution is -2.00. The van der Waals surface area contributed by atoms with Crippen molar-refractivity contribution in [3.8, 4) is 5.75 Å². The Balaban J connectivity index is 2.99. The first-order valence-electron chi connectivity index (χ1n) is 3.61. The van der Waals surface area contributed by atoms with Crippen molar-refractivity contribution >= 4 is 12.1 Å². The van der Waals surface area contributed by atoms with Gasteiger partial charge in [-0.1, -0.05) is 0 Å². The van der Waals surface area contributed by atoms with Gasteiger partial charge in [0.15, 0.2) is 17.9 Å². The van der Waals surface area contributed by atoms with Crippen molar-refractivity contribution in [1.29, 1.82) is 0 Å². The van der Waals surface area contributed by atoms with Crippen molar-refractivity contribution in [2.24, 2.45) is 0 Å². The molecule has 0 aliphatic carbocycles. The number of anilines is 1. The molecule has 1 aromatic heterocycles. The van der Waals surface area contributed by atoms with Gasteiger partial charge in [0.2, 0.25) is 0 Å². The highest BCUT2D eigenvalue weighted by molar-refractivity contribution is 5.76. The summed E-state index contributed by atoms with van der Waals surface area (Å²) in [6.45, 7) is 2.35. The monoisotopic (exact) mass is 166 g/mol. The van der Waals surface area contributed by atoms with Crippen molar-refractivity contribution in [2.45, 2.75) is 6.92 Å². The molecule has 0 aromatic carbocycles. The van der Waals surface area contributed by atoms with E-state index in [1.54, 1.807) is 6.07 Å². The van der Waals surface area contributed by atoms with Crippen LogP contribution >= 0.6 is 0 Å². The fourth-order valence-corrected chi connectivity index (χ4v) is 0.806. The average molecular weight is 166 g/mol. The Kier molecular flexibility index (Phi) is 2.63. The zero-order chi connectivity index (χ0) is 8.97. The molecule has 1 heterocycles. The number of rotatable bonds is 3. The van der Waals surface area contributed by atoms with Gasteiger partial charge >= 0.3 is 0 Å². The number of hydrogen-bond donors (Lipinski definition) is 1. The van der Waals surface area contributed by atoms with E-state index in [1.807, 2.05) is 6.92 Å². The van der Waals surface area contributed by atoms with Crippen LogP contribution in [0.25, 0.3) is 0 Å². The van der Waals surface area contributed by atoms with Gasteiger partial charge < -0.3 is 10.5 Å². The number of nitrogens with zero attached hydrogens (tertiary/aromatic N) is 1. The predicted molar refractivity (Wildman–Crippen MR) is 45.2 cm³/mol. The molecule has 0 aliphatic rings. The molecule has 0 bridgehead atoms. The Labute approximate surface area is 70.4 Å². The van der Waals surface area contributed by atoms with Crippen molar-refractivity contribution in [2.75, 3.05) is 12.3 Å². The van der Waals surface area contributed by atoms with Crippen molar-refractivity contribution in [3.05, 3.63) is 17.8 Å². The van der Waals surface area contributed by atoms with Crippen LogP contribution in [0.3, 0.4) is 0 Å². The lowest BCUT2D eigenvalue weighted by Gasteiger charge is -2.04. The third kappa shape index (κ3) is 1.72. The van der Waals surface area contributed by atoms with Crippen molar-refractivity contribution < 1.29 is 9.53 Å². The van der Waals surface area contributed by atoms with Gasteiger partial charge in [-0.2, -0.15) is 0 Å². The number of carbonyl (C=O) groups is 1. The van der Waals surface area contributed by atoms with Crippen LogP contribution < -0.4 is 10.5 Å². The summed E-state index contributed by atoms with van der Waals surface area (Å²) in [6, 6.07) is 1.57. The second-order valence-corrected chi connectivity index (χ2v) is 2.20. The number of ether oxygens (including phenoxy) is 1. The molecule has 0 aliphatic heterocycles. The minimum atomic E-state index is 0.308. The topological polar surface area (TPSA) is 65.2 Å². The third-order valence-electron chi connectivity index (χ3n) is 1.34. The molecule has 64 valence electrons. The molecule has 0 unspecified atom stereocenters. The molecule has 2 N–H and O–H groups in total. The molecule has 0 spiro atoms. The molecular formula is C8H10N2O2. The highest BCUT2D eigenvalue weighted by Gasteiger charge is 2.01. The highest BCUT2D eigenvalue weighted by atomic mass is 16.5. The first-order valence-corrected chi connectivity index (χ1v) is 3.61. The van der Waals surface area contributed by atoms with Gasteiger partial charge in [-0.15, -0.1) is 0 Å². The molecule has 4 nitrogen and oxygen atoms in total. The molecule has 12 heavy (non-hydrogen) atoms. The molecule has 0 saturated heterocycles. The first-order chi connectivity index (χ1) is 5.77. The molecule has 1 aromatic rings. The van der Waals surface area contributed by atoms with Gasteiger partial charge in [-0.25, -0.2) is 4.98 Å². The molecule has 0 fully saturated rings. The summed E-state index contributed by atoms with van der Waals surface area (Å²) >= 11 is 0. The number of hydrogen-bond acceptors (Lipinski definition) is 4. The zero-order valence-corrected chi connectivity index (χ0v) is 6.78. The number of carbonyl (C=O) groups excluding carboxylic acids is 1. The maximum Gasteiger partial charge on any atom is 0.166 e. The van der Waals surface area contributed by atoms with Crippen molar-refractivity contribution in [1.82, 2.24) is 4.98 Å². The average Bonchev–Trinajstić information content (AvgIpc) is 2.09.